The van der Waals surface area contributed by atoms with E-state index in [1.807, 2.05) is 42.5 Å². The van der Waals surface area contributed by atoms with Gasteiger partial charge in [0.1, 0.15) is 18.1 Å². The standard InChI is InChI=1S/C23H21N3O3/c1-3-13-29-22-12-11-19(28-2)14-18(22)15-25-26-23(27)16-24-21-10-6-8-17-7-4-5-9-20(17)21/h1,4-12,14-15,24H,13,16H2,2H3,(H,26,27)/b25-15-. The molecule has 0 aromatic heterocycles. The highest BCUT2D eigenvalue weighted by Crippen LogP contribution is 2.23. The lowest BCUT2D eigenvalue weighted by Gasteiger charge is -2.09. The molecular weight excluding hydrogens is 366 g/mol. The molecule has 6 nitrogen and oxygen atoms in total. The van der Waals surface area contributed by atoms with Crippen LogP contribution in [0.15, 0.2) is 65.8 Å². The first kappa shape index (κ1) is 19.8. The van der Waals surface area contributed by atoms with Crippen molar-refractivity contribution < 1.29 is 14.3 Å². The number of benzene rings is 3. The van der Waals surface area contributed by atoms with E-state index < -0.39 is 0 Å². The number of methoxy groups -OCH3 is 1. The molecule has 0 radical (unpaired) electrons. The van der Waals surface area contributed by atoms with Gasteiger partial charge in [-0.3, -0.25) is 4.79 Å². The molecule has 29 heavy (non-hydrogen) atoms. The van der Waals surface area contributed by atoms with Crippen molar-refractivity contribution in [2.45, 2.75) is 0 Å². The van der Waals surface area contributed by atoms with E-state index in [4.69, 9.17) is 15.9 Å². The molecule has 0 spiro atoms. The molecule has 146 valence electrons. The topological polar surface area (TPSA) is 72.0 Å². The minimum Gasteiger partial charge on any atom is -0.497 e. The van der Waals surface area contributed by atoms with E-state index in [1.54, 1.807) is 25.3 Å². The monoisotopic (exact) mass is 387 g/mol. The number of rotatable bonds is 8. The van der Waals surface area contributed by atoms with Crippen LogP contribution >= 0.6 is 0 Å². The third kappa shape index (κ3) is 5.27. The van der Waals surface area contributed by atoms with Crippen molar-refractivity contribution in [2.24, 2.45) is 5.10 Å². The highest BCUT2D eigenvalue weighted by molar-refractivity contribution is 5.95. The number of nitrogens with one attached hydrogen (secondary N) is 2. The number of amides is 1. The lowest BCUT2D eigenvalue weighted by molar-refractivity contribution is -0.119. The maximum Gasteiger partial charge on any atom is 0.259 e. The van der Waals surface area contributed by atoms with Gasteiger partial charge in [0.15, 0.2) is 0 Å². The van der Waals surface area contributed by atoms with Gasteiger partial charge in [-0.1, -0.05) is 42.3 Å². The number of fused-ring (bicyclic) bond motifs is 1. The first-order valence-electron chi connectivity index (χ1n) is 8.99. The molecule has 2 N–H and O–H groups in total. The zero-order valence-electron chi connectivity index (χ0n) is 16.0. The van der Waals surface area contributed by atoms with E-state index in [9.17, 15) is 4.79 Å². The van der Waals surface area contributed by atoms with Crippen molar-refractivity contribution in [3.63, 3.8) is 0 Å². The molecule has 3 aromatic rings. The minimum atomic E-state index is -0.275. The molecule has 0 fully saturated rings. The van der Waals surface area contributed by atoms with Crippen LogP contribution in [-0.4, -0.2) is 32.4 Å². The predicted molar refractivity (Wildman–Crippen MR) is 115 cm³/mol. The fourth-order valence-electron chi connectivity index (χ4n) is 2.77. The van der Waals surface area contributed by atoms with Crippen molar-refractivity contribution in [3.05, 3.63) is 66.2 Å². The van der Waals surface area contributed by atoms with Crippen molar-refractivity contribution in [1.82, 2.24) is 5.43 Å². The molecule has 0 aliphatic carbocycles. The molecule has 0 aliphatic heterocycles. The average molecular weight is 387 g/mol. The molecule has 3 rings (SSSR count). The summed E-state index contributed by atoms with van der Waals surface area (Å²) in [6.45, 7) is 0.221. The van der Waals surface area contributed by atoms with Crippen molar-refractivity contribution in [1.29, 1.82) is 0 Å². The fourth-order valence-corrected chi connectivity index (χ4v) is 2.77. The second kappa shape index (κ2) is 9.81. The van der Waals surface area contributed by atoms with E-state index in [-0.39, 0.29) is 19.1 Å². The van der Waals surface area contributed by atoms with Crippen molar-refractivity contribution in [3.8, 4) is 23.8 Å². The SMILES string of the molecule is C#CCOc1ccc(OC)cc1/C=N\NC(=O)CNc1cccc2ccccc12. The van der Waals surface area contributed by atoms with Crippen LogP contribution in [0.1, 0.15) is 5.56 Å². The Labute approximate surface area is 169 Å². The van der Waals surface area contributed by atoms with E-state index >= 15 is 0 Å². The number of nitrogens with zero attached hydrogens (tertiary/aromatic N) is 1. The highest BCUT2D eigenvalue weighted by Gasteiger charge is 2.05. The number of hydrogen-bond acceptors (Lipinski definition) is 5. The summed E-state index contributed by atoms with van der Waals surface area (Å²) in [5.74, 6) is 3.33. The first-order chi connectivity index (χ1) is 14.2. The van der Waals surface area contributed by atoms with Gasteiger partial charge in [-0.05, 0) is 29.7 Å². The average Bonchev–Trinajstić information content (AvgIpc) is 2.76. The Balaban J connectivity index is 1.61. The van der Waals surface area contributed by atoms with E-state index in [1.165, 1.54) is 6.21 Å². The normalized spacial score (nSPS) is 10.5. The van der Waals surface area contributed by atoms with Gasteiger partial charge < -0.3 is 14.8 Å². The van der Waals surface area contributed by atoms with Gasteiger partial charge in [-0.2, -0.15) is 5.10 Å². The lowest BCUT2D eigenvalue weighted by Crippen LogP contribution is -2.26. The fraction of sp³-hybridized carbons (Fsp3) is 0.130. The maximum atomic E-state index is 12.2. The van der Waals surface area contributed by atoms with Crippen molar-refractivity contribution >= 4 is 28.6 Å². The Kier molecular flexibility index (Phi) is 6.69. The second-order valence-electron chi connectivity index (χ2n) is 6.07. The number of hydrogen-bond donors (Lipinski definition) is 2. The summed E-state index contributed by atoms with van der Waals surface area (Å²) in [6, 6.07) is 19.1. The third-order valence-corrected chi connectivity index (χ3v) is 4.15. The summed E-state index contributed by atoms with van der Waals surface area (Å²) < 4.78 is 10.7. The molecule has 6 heteroatoms. The Morgan fingerprint density at radius 2 is 2.00 bits per heavy atom. The van der Waals surface area contributed by atoms with Gasteiger partial charge in [0, 0.05) is 16.6 Å². The quantitative estimate of drug-likeness (QED) is 0.353. The van der Waals surface area contributed by atoms with Crippen LogP contribution in [-0.2, 0) is 4.79 Å². The Morgan fingerprint density at radius 1 is 1.17 bits per heavy atom. The zero-order valence-corrected chi connectivity index (χ0v) is 16.0. The van der Waals surface area contributed by atoms with Crippen LogP contribution < -0.4 is 20.2 Å². The summed E-state index contributed by atoms with van der Waals surface area (Å²) in [7, 11) is 1.57. The molecule has 0 saturated heterocycles. The van der Waals surface area contributed by atoms with Gasteiger partial charge in [-0.25, -0.2) is 5.43 Å². The minimum absolute atomic E-state index is 0.0872. The van der Waals surface area contributed by atoms with Gasteiger partial charge in [0.2, 0.25) is 0 Å². The van der Waals surface area contributed by atoms with Crippen LogP contribution in [0.4, 0.5) is 5.69 Å². The second-order valence-corrected chi connectivity index (χ2v) is 6.07. The van der Waals surface area contributed by atoms with Crippen LogP contribution in [0.5, 0.6) is 11.5 Å². The molecular formula is C23H21N3O3. The molecule has 0 heterocycles. The Hall–Kier alpha value is -3.98. The number of carbonyl (C=O) groups is 1. The zero-order chi connectivity index (χ0) is 20.5. The predicted octanol–water partition coefficient (Wildman–Crippen LogP) is 3.42. The molecule has 0 unspecified atom stereocenters. The molecule has 0 atom stereocenters. The molecule has 3 aromatic carbocycles. The molecule has 0 bridgehead atoms. The number of carbonyl (C=O) groups excluding carboxylic acids is 1. The highest BCUT2D eigenvalue weighted by atomic mass is 16.5. The summed E-state index contributed by atoms with van der Waals surface area (Å²) in [5, 5.41) is 9.31. The molecule has 0 aliphatic rings. The summed E-state index contributed by atoms with van der Waals surface area (Å²) in [4.78, 5) is 12.2. The Bertz CT molecular complexity index is 1070. The maximum absolute atomic E-state index is 12.2. The van der Waals surface area contributed by atoms with Gasteiger partial charge >= 0.3 is 0 Å². The third-order valence-electron chi connectivity index (χ3n) is 4.15. The lowest BCUT2D eigenvalue weighted by atomic mass is 10.1. The van der Waals surface area contributed by atoms with Crippen molar-refractivity contribution in [2.75, 3.05) is 25.6 Å². The first-order valence-corrected chi connectivity index (χ1v) is 8.99. The van der Waals surface area contributed by atoms with Gasteiger partial charge in [0.05, 0.1) is 19.9 Å². The van der Waals surface area contributed by atoms with E-state index in [0.29, 0.717) is 17.1 Å². The molecule has 1 amide bonds. The van der Waals surface area contributed by atoms with Gasteiger partial charge in [-0.15, -0.1) is 6.42 Å². The smallest absolute Gasteiger partial charge is 0.259 e. The number of ether oxygens (including phenoxy) is 2. The number of hydrazone groups is 1. The molecule has 0 saturated carbocycles. The van der Waals surface area contributed by atoms with Crippen LogP contribution in [0.25, 0.3) is 10.8 Å². The van der Waals surface area contributed by atoms with Gasteiger partial charge in [0.25, 0.3) is 5.91 Å². The van der Waals surface area contributed by atoms with Crippen LogP contribution in [0.3, 0.4) is 0 Å². The van der Waals surface area contributed by atoms with E-state index in [0.717, 1.165) is 16.5 Å². The Morgan fingerprint density at radius 3 is 2.83 bits per heavy atom. The summed E-state index contributed by atoms with van der Waals surface area (Å²) in [6.07, 6.45) is 6.73. The van der Waals surface area contributed by atoms with Crippen LogP contribution in [0.2, 0.25) is 0 Å². The summed E-state index contributed by atoms with van der Waals surface area (Å²) >= 11 is 0. The van der Waals surface area contributed by atoms with Crippen LogP contribution in [0, 0.1) is 12.3 Å². The summed E-state index contributed by atoms with van der Waals surface area (Å²) in [5.41, 5.74) is 4.03. The number of terminal acetylenes is 1. The van der Waals surface area contributed by atoms with E-state index in [2.05, 4.69) is 21.8 Å². The number of anilines is 1. The largest absolute Gasteiger partial charge is 0.497 e.